The van der Waals surface area contributed by atoms with Crippen LogP contribution in [0.15, 0.2) is 36.4 Å². The molecule has 10 heteroatoms. The summed E-state index contributed by atoms with van der Waals surface area (Å²) in [5.74, 6) is -1.00. The van der Waals surface area contributed by atoms with E-state index in [-0.39, 0.29) is 55.9 Å². The number of hydrogen-bond acceptors (Lipinski definition) is 9. The van der Waals surface area contributed by atoms with Gasteiger partial charge in [0.2, 0.25) is 5.91 Å². The van der Waals surface area contributed by atoms with Crippen LogP contribution in [0, 0.1) is 0 Å². The van der Waals surface area contributed by atoms with Crippen LogP contribution in [0.3, 0.4) is 0 Å². The van der Waals surface area contributed by atoms with Crippen LogP contribution in [0.5, 0.6) is 0 Å². The molecule has 40 heavy (non-hydrogen) atoms. The van der Waals surface area contributed by atoms with E-state index in [4.69, 9.17) is 19.5 Å². The van der Waals surface area contributed by atoms with Crippen molar-refractivity contribution in [2.75, 3.05) is 47.2 Å². The van der Waals surface area contributed by atoms with Crippen LogP contribution in [0.4, 0.5) is 0 Å². The third-order valence-electron chi connectivity index (χ3n) is 6.76. The van der Waals surface area contributed by atoms with Gasteiger partial charge in [-0.2, -0.15) is 0 Å². The fourth-order valence-electron chi connectivity index (χ4n) is 4.90. The van der Waals surface area contributed by atoms with E-state index in [1.807, 2.05) is 36.4 Å². The zero-order valence-electron chi connectivity index (χ0n) is 24.0. The minimum atomic E-state index is -0.593. The third kappa shape index (κ3) is 8.72. The molecule has 2 aromatic rings. The maximum absolute atomic E-state index is 13.2. The number of esters is 1. The van der Waals surface area contributed by atoms with Crippen molar-refractivity contribution >= 4 is 36.3 Å². The first kappa shape index (κ1) is 29.9. The van der Waals surface area contributed by atoms with Crippen molar-refractivity contribution in [1.82, 2.24) is 5.32 Å². The van der Waals surface area contributed by atoms with Crippen LogP contribution >= 0.6 is 12.8 Å². The Balaban J connectivity index is 1.78. The average molecular weight is 574 g/mol. The molecule has 1 amide bonds. The van der Waals surface area contributed by atoms with Gasteiger partial charge in [0.15, 0.2) is 12.4 Å². The lowest BCUT2D eigenvalue weighted by Gasteiger charge is -2.15. The van der Waals surface area contributed by atoms with Crippen molar-refractivity contribution in [3.63, 3.8) is 0 Å². The summed E-state index contributed by atoms with van der Waals surface area (Å²) in [6.07, 6.45) is 2.17. The second-order valence-corrected chi connectivity index (χ2v) is 9.86. The van der Waals surface area contributed by atoms with Gasteiger partial charge in [0.25, 0.3) is 0 Å². The quantitative estimate of drug-likeness (QED) is 0.0856. The predicted octanol–water partition coefficient (Wildman–Crippen LogP) is 3.86. The van der Waals surface area contributed by atoms with Gasteiger partial charge in [-0.3, -0.25) is 14.4 Å². The number of methoxy groups -OCH3 is 2. The first-order valence-corrected chi connectivity index (χ1v) is 13.7. The molecule has 0 saturated heterocycles. The maximum Gasteiger partial charge on any atom is 0.333 e. The molecule has 0 saturated carbocycles. The van der Waals surface area contributed by atoms with Gasteiger partial charge in [0, 0.05) is 64.5 Å². The molecule has 1 aliphatic rings. The van der Waals surface area contributed by atoms with Crippen LogP contribution in [0.1, 0.15) is 65.1 Å². The van der Waals surface area contributed by atoms with Crippen molar-refractivity contribution in [3.8, 4) is 11.1 Å². The molecule has 1 unspecified atom stereocenters. The first-order chi connectivity index (χ1) is 19.9. The van der Waals surface area contributed by atoms with Gasteiger partial charge >= 0.3 is 5.97 Å². The number of nitrogens with one attached hydrogen (secondary N) is 1. The number of ether oxygens (including phenoxy) is 3. The van der Waals surface area contributed by atoms with Gasteiger partial charge < -0.3 is 23.7 Å². The molecule has 0 fully saturated rings. The molecule has 216 valence electrons. The van der Waals surface area contributed by atoms with Crippen LogP contribution in [0.2, 0.25) is 0 Å². The highest BCUT2D eigenvalue weighted by Crippen LogP contribution is 2.47. The highest BCUT2D eigenvalue weighted by molar-refractivity contribution is 7.75. The Morgan fingerprint density at radius 2 is 1.80 bits per heavy atom. The molecule has 1 aliphatic carbocycles. The van der Waals surface area contributed by atoms with Gasteiger partial charge in [-0.25, -0.2) is 4.79 Å². The predicted molar refractivity (Wildman–Crippen MR) is 153 cm³/mol. The lowest BCUT2D eigenvalue weighted by molar-refractivity contribution is -0.145. The van der Waals surface area contributed by atoms with E-state index in [1.54, 1.807) is 14.2 Å². The molecule has 0 aliphatic heterocycles. The summed E-state index contributed by atoms with van der Waals surface area (Å²) < 4.78 is 27.2. The smallest absolute Gasteiger partial charge is 0.333 e. The lowest BCUT2D eigenvalue weighted by Crippen LogP contribution is -2.26. The summed E-state index contributed by atoms with van der Waals surface area (Å²) >= 11 is 0.341. The second-order valence-electron chi connectivity index (χ2n) is 9.62. The van der Waals surface area contributed by atoms with E-state index >= 15 is 0 Å². The van der Waals surface area contributed by atoms with E-state index < -0.39 is 5.97 Å². The Morgan fingerprint density at radius 1 is 0.975 bits per heavy atom. The fraction of sp³-hybridized carbons (Fsp3) is 0.467. The van der Waals surface area contributed by atoms with E-state index in [1.165, 1.54) is 0 Å². The van der Waals surface area contributed by atoms with E-state index in [0.717, 1.165) is 27.8 Å². The molecular weight excluding hydrogens is 534 g/mol. The Labute approximate surface area is 241 Å². The number of hydrogen-bond donors (Lipinski definition) is 2. The zero-order chi connectivity index (χ0) is 29.6. The highest BCUT2D eigenvalue weighted by Gasteiger charge is 2.33. The van der Waals surface area contributed by atoms with E-state index in [0.29, 0.717) is 57.4 Å². The fourth-order valence-corrected chi connectivity index (χ4v) is 5.00. The van der Waals surface area contributed by atoms with E-state index in [9.17, 15) is 19.2 Å². The number of Topliss-reactive ketones (excluding diaryl/α,β-unsaturated/α-hetero) is 2. The Hall–Kier alpha value is -3.05. The summed E-state index contributed by atoms with van der Waals surface area (Å²) in [6, 6.07) is 11.3. The molecule has 0 spiro atoms. The molecule has 1 atom stereocenters. The number of rotatable bonds is 19. The highest BCUT2D eigenvalue weighted by atomic mass is 32.1. The minimum Gasteiger partial charge on any atom is -0.463 e. The van der Waals surface area contributed by atoms with Crippen molar-refractivity contribution < 1.29 is 37.6 Å². The van der Waals surface area contributed by atoms with E-state index in [2.05, 4.69) is 5.32 Å². The average Bonchev–Trinajstić information content (AvgIpc) is 3.28. The van der Waals surface area contributed by atoms with Crippen LogP contribution in [0.25, 0.3) is 11.1 Å². The third-order valence-corrected chi connectivity index (χ3v) is 6.88. The minimum absolute atomic E-state index is 0.00822. The molecule has 0 radical (unpaired) electrons. The number of amides is 1. The second kappa shape index (κ2) is 16.3. The van der Waals surface area contributed by atoms with Crippen molar-refractivity contribution in [1.29, 1.82) is 1.12 Å². The Morgan fingerprint density at radius 3 is 2.58 bits per heavy atom. The number of benzene rings is 2. The van der Waals surface area contributed by atoms with Crippen LogP contribution in [-0.2, 0) is 39.2 Å². The summed E-state index contributed by atoms with van der Waals surface area (Å²) in [6.45, 7) is 1.05. The maximum atomic E-state index is 13.2. The van der Waals surface area contributed by atoms with Crippen LogP contribution < -0.4 is 5.32 Å². The van der Waals surface area contributed by atoms with Crippen molar-refractivity contribution in [3.05, 3.63) is 58.7 Å². The van der Waals surface area contributed by atoms with Gasteiger partial charge in [-0.1, -0.05) is 36.4 Å². The van der Waals surface area contributed by atoms with Crippen molar-refractivity contribution in [2.24, 2.45) is 0 Å². The lowest BCUT2D eigenvalue weighted by atomic mass is 9.93. The summed E-state index contributed by atoms with van der Waals surface area (Å²) in [5.41, 5.74) is 4.87. The normalized spacial score (nSPS) is 13.8. The molecule has 2 aromatic carbocycles. The molecular formula is C30H37NO8S. The summed E-state index contributed by atoms with van der Waals surface area (Å²) in [7, 11) is 3.17. The SMILES string of the molecule is [3H]SOCC(=O)OCC1c2cc(CC(=O)CCCC(=O)NCCOC)ccc2-c2c(C(=O)CCCOC)cccc21. The molecule has 0 bridgehead atoms. The Kier molecular flexibility index (Phi) is 12.2. The molecule has 1 N–H and O–H groups in total. The molecule has 0 aromatic heterocycles. The summed E-state index contributed by atoms with van der Waals surface area (Å²) in [5, 5.41) is 2.75. The van der Waals surface area contributed by atoms with Gasteiger partial charge in [-0.05, 0) is 53.5 Å². The summed E-state index contributed by atoms with van der Waals surface area (Å²) in [4.78, 5) is 49.9. The number of thiol groups is 1. The number of carbonyl (C=O) groups excluding carboxylic acids is 4. The monoisotopic (exact) mass is 573 g/mol. The largest absolute Gasteiger partial charge is 0.463 e. The van der Waals surface area contributed by atoms with Crippen molar-refractivity contribution in [2.45, 2.75) is 44.4 Å². The van der Waals surface area contributed by atoms with Gasteiger partial charge in [0.1, 0.15) is 13.5 Å². The number of ketones is 2. The molecule has 9 nitrogen and oxygen atoms in total. The Bertz CT molecular complexity index is 1220. The molecule has 3 rings (SSSR count). The van der Waals surface area contributed by atoms with Gasteiger partial charge in [0.05, 0.1) is 6.61 Å². The zero-order valence-corrected chi connectivity index (χ0v) is 23.8. The first-order valence-electron chi connectivity index (χ1n) is 13.8. The number of carbonyl (C=O) groups is 4. The van der Waals surface area contributed by atoms with Gasteiger partial charge in [-0.15, -0.1) is 0 Å². The molecule has 0 heterocycles. The van der Waals surface area contributed by atoms with Crippen LogP contribution in [-0.4, -0.2) is 71.8 Å². The number of fused-ring (bicyclic) bond motifs is 3. The topological polar surface area (TPSA) is 117 Å². The standard InChI is InChI=1S/C30H37NO8S/c1-36-14-5-9-27(33)24-8-4-7-22-26(18-38-29(35)19-39-40)25-17-20(11-12-23(25)30(22)24)16-21(32)6-3-10-28(34)31-13-15-37-2/h4,7-8,11-12,17,26,40H,3,5-6,9-10,13-16,18-19H2,1-2H3,(H,31,34)/i/hT.